The molecule has 0 spiro atoms. The first-order valence-corrected chi connectivity index (χ1v) is 14.6. The topological polar surface area (TPSA) is 66.2 Å². The van der Waals surface area contributed by atoms with Gasteiger partial charge in [0.25, 0.3) is 0 Å². The molecule has 3 aliphatic rings. The molecule has 0 radical (unpaired) electrons. The number of hydrogen-bond acceptors (Lipinski definition) is 5. The van der Waals surface area contributed by atoms with Gasteiger partial charge in [0.2, 0.25) is 0 Å². The van der Waals surface area contributed by atoms with E-state index in [2.05, 4.69) is 17.2 Å². The van der Waals surface area contributed by atoms with Crippen molar-refractivity contribution in [1.82, 2.24) is 15.0 Å². The van der Waals surface area contributed by atoms with Crippen molar-refractivity contribution in [2.24, 2.45) is 40.9 Å². The Hall–Kier alpha value is -2.16. The molecule has 3 saturated carbocycles. The van der Waals surface area contributed by atoms with Gasteiger partial charge in [-0.25, -0.2) is 4.68 Å². The molecule has 3 aliphatic carbocycles. The molecule has 1 aromatic carbocycles. The molecule has 2 aromatic rings. The number of alkyl halides is 3. The fourth-order valence-corrected chi connectivity index (χ4v) is 8.50. The average Bonchev–Trinajstić information content (AvgIpc) is 3.33. The second-order valence-electron chi connectivity index (χ2n) is 12.5. The van der Waals surface area contributed by atoms with Crippen LogP contribution in [0.2, 0.25) is 0 Å². The Morgan fingerprint density at radius 2 is 1.92 bits per heavy atom. The molecular formula is C30H42F3N3O3. The molecule has 0 amide bonds. The van der Waals surface area contributed by atoms with E-state index in [0.29, 0.717) is 42.0 Å². The number of ether oxygens (including phenoxy) is 2. The fraction of sp³-hybridized carbons (Fsp3) is 0.767. The van der Waals surface area contributed by atoms with Crippen LogP contribution in [0.4, 0.5) is 13.2 Å². The SMILES string of the molecule is COC[C@]12CC[C@H](C(F)(F)F)C[C@H]1CC[C@H]1[C@@H](C)CC[C@H](C(=O)Cn3nnc4cc(OC)ccc43)CCC[C@@H]12. The third kappa shape index (κ3) is 5.57. The number of fused-ring (bicyclic) bond motifs is 4. The summed E-state index contributed by atoms with van der Waals surface area (Å²) in [4.78, 5) is 13.5. The number of aromatic nitrogens is 3. The van der Waals surface area contributed by atoms with E-state index in [0.717, 1.165) is 50.5 Å². The van der Waals surface area contributed by atoms with E-state index in [1.54, 1.807) is 18.9 Å². The fourth-order valence-electron chi connectivity index (χ4n) is 8.50. The molecule has 3 fully saturated rings. The van der Waals surface area contributed by atoms with Crippen LogP contribution in [-0.4, -0.2) is 47.8 Å². The third-order valence-electron chi connectivity index (χ3n) is 10.6. The molecule has 0 aliphatic heterocycles. The average molecular weight is 550 g/mol. The first kappa shape index (κ1) is 28.4. The molecule has 1 aromatic heterocycles. The third-order valence-corrected chi connectivity index (χ3v) is 10.6. The first-order valence-electron chi connectivity index (χ1n) is 14.6. The minimum absolute atomic E-state index is 0.0414. The molecule has 9 heteroatoms. The Balaban J connectivity index is 1.31. The van der Waals surface area contributed by atoms with Gasteiger partial charge in [0.1, 0.15) is 17.8 Å². The van der Waals surface area contributed by atoms with Gasteiger partial charge >= 0.3 is 6.18 Å². The molecule has 39 heavy (non-hydrogen) atoms. The summed E-state index contributed by atoms with van der Waals surface area (Å²) in [6, 6.07) is 5.55. The zero-order valence-electron chi connectivity index (χ0n) is 23.4. The van der Waals surface area contributed by atoms with Crippen molar-refractivity contribution in [3.05, 3.63) is 18.2 Å². The van der Waals surface area contributed by atoms with Crippen molar-refractivity contribution < 1.29 is 27.4 Å². The van der Waals surface area contributed by atoms with Crippen LogP contribution in [-0.2, 0) is 16.1 Å². The van der Waals surface area contributed by atoms with Gasteiger partial charge in [-0.2, -0.15) is 13.2 Å². The second kappa shape index (κ2) is 11.4. The number of methoxy groups -OCH3 is 2. The van der Waals surface area contributed by atoms with E-state index in [9.17, 15) is 18.0 Å². The summed E-state index contributed by atoms with van der Waals surface area (Å²) in [5.41, 5.74) is 1.33. The number of hydrogen-bond donors (Lipinski definition) is 0. The summed E-state index contributed by atoms with van der Waals surface area (Å²) in [7, 11) is 3.30. The van der Waals surface area contributed by atoms with Crippen LogP contribution in [0, 0.1) is 40.9 Å². The summed E-state index contributed by atoms with van der Waals surface area (Å²) in [5.74, 6) is 0.971. The number of carbonyl (C=O) groups excluding carboxylic acids is 1. The van der Waals surface area contributed by atoms with E-state index in [4.69, 9.17) is 9.47 Å². The number of ketones is 1. The van der Waals surface area contributed by atoms with Crippen molar-refractivity contribution in [1.29, 1.82) is 0 Å². The van der Waals surface area contributed by atoms with E-state index < -0.39 is 12.1 Å². The van der Waals surface area contributed by atoms with Crippen LogP contribution < -0.4 is 4.74 Å². The molecule has 0 unspecified atom stereocenters. The molecule has 216 valence electrons. The van der Waals surface area contributed by atoms with Crippen molar-refractivity contribution >= 4 is 16.8 Å². The summed E-state index contributed by atoms with van der Waals surface area (Å²) < 4.78 is 53.7. The number of rotatable bonds is 6. The molecule has 5 rings (SSSR count). The van der Waals surface area contributed by atoms with Gasteiger partial charge in [-0.05, 0) is 99.0 Å². The zero-order chi connectivity index (χ0) is 27.8. The lowest BCUT2D eigenvalue weighted by Crippen LogP contribution is -2.53. The lowest BCUT2D eigenvalue weighted by atomic mass is 9.48. The van der Waals surface area contributed by atoms with Crippen LogP contribution in [0.5, 0.6) is 5.75 Å². The summed E-state index contributed by atoms with van der Waals surface area (Å²) in [5, 5.41) is 8.45. The smallest absolute Gasteiger partial charge is 0.391 e. The minimum Gasteiger partial charge on any atom is -0.497 e. The Morgan fingerprint density at radius 1 is 1.10 bits per heavy atom. The van der Waals surface area contributed by atoms with Crippen molar-refractivity contribution in [2.75, 3.05) is 20.8 Å². The van der Waals surface area contributed by atoms with Crippen molar-refractivity contribution in [2.45, 2.75) is 83.9 Å². The van der Waals surface area contributed by atoms with Gasteiger partial charge in [-0.15, -0.1) is 5.10 Å². The van der Waals surface area contributed by atoms with Gasteiger partial charge < -0.3 is 9.47 Å². The largest absolute Gasteiger partial charge is 0.497 e. The highest BCUT2D eigenvalue weighted by Crippen LogP contribution is 2.61. The highest BCUT2D eigenvalue weighted by Gasteiger charge is 2.57. The van der Waals surface area contributed by atoms with Gasteiger partial charge in [0, 0.05) is 19.1 Å². The molecule has 0 N–H and O–H groups in total. The summed E-state index contributed by atoms with van der Waals surface area (Å²) in [6.07, 6.45) is 3.27. The maximum atomic E-state index is 13.7. The quantitative estimate of drug-likeness (QED) is 0.394. The number of Topliss-reactive ketones (excluding diaryl/α,β-unsaturated/α-hetero) is 1. The van der Waals surface area contributed by atoms with E-state index in [1.165, 1.54) is 0 Å². The van der Waals surface area contributed by atoms with Gasteiger partial charge in [-0.1, -0.05) is 18.6 Å². The summed E-state index contributed by atoms with van der Waals surface area (Å²) >= 11 is 0. The number of benzene rings is 1. The molecule has 6 nitrogen and oxygen atoms in total. The lowest BCUT2D eigenvalue weighted by Gasteiger charge is -2.58. The van der Waals surface area contributed by atoms with Crippen molar-refractivity contribution in [3.63, 3.8) is 0 Å². The van der Waals surface area contributed by atoms with Crippen molar-refractivity contribution in [3.8, 4) is 5.75 Å². The minimum atomic E-state index is -4.11. The molecule has 0 bridgehead atoms. The molecule has 0 saturated heterocycles. The monoisotopic (exact) mass is 549 g/mol. The molecule has 1 heterocycles. The molecular weight excluding hydrogens is 507 g/mol. The predicted octanol–water partition coefficient (Wildman–Crippen LogP) is 6.86. The van der Waals surface area contributed by atoms with Crippen LogP contribution in [0.25, 0.3) is 11.0 Å². The van der Waals surface area contributed by atoms with Gasteiger partial charge in [0.15, 0.2) is 5.78 Å². The van der Waals surface area contributed by atoms with E-state index >= 15 is 0 Å². The van der Waals surface area contributed by atoms with Crippen LogP contribution in [0.1, 0.15) is 71.1 Å². The normalized spacial score (nSPS) is 33.9. The zero-order valence-corrected chi connectivity index (χ0v) is 23.4. The molecule has 7 atom stereocenters. The number of carbonyl (C=O) groups is 1. The van der Waals surface area contributed by atoms with Gasteiger partial charge in [0.05, 0.1) is 25.2 Å². The Morgan fingerprint density at radius 3 is 2.67 bits per heavy atom. The Kier molecular flexibility index (Phi) is 8.28. The van der Waals surface area contributed by atoms with E-state index in [-0.39, 0.29) is 42.4 Å². The standard InChI is InChI=1S/C30H42F3N3O3/c1-19-7-8-20(28(37)17-36-27-12-10-23(39-3)16-26(27)34-35-36)5-4-6-25-24(19)11-9-21-15-22(30(31,32)33)13-14-29(21,25)18-38-2/h10,12,16,19-22,24-25H,4-9,11,13-15,17-18H2,1-3H3/t19-,20+,21+,22-,24-,25-,29+/m0/s1. The predicted molar refractivity (Wildman–Crippen MR) is 142 cm³/mol. The van der Waals surface area contributed by atoms with Crippen LogP contribution in [0.15, 0.2) is 18.2 Å². The van der Waals surface area contributed by atoms with Crippen LogP contribution in [0.3, 0.4) is 0 Å². The highest BCUT2D eigenvalue weighted by molar-refractivity contribution is 5.83. The maximum absolute atomic E-state index is 13.7. The Bertz CT molecular complexity index is 1150. The lowest BCUT2D eigenvalue weighted by molar-refractivity contribution is -0.211. The maximum Gasteiger partial charge on any atom is 0.391 e. The first-order chi connectivity index (χ1) is 18.7. The number of nitrogens with zero attached hydrogens (tertiary/aromatic N) is 3. The van der Waals surface area contributed by atoms with E-state index in [1.807, 2.05) is 18.2 Å². The van der Waals surface area contributed by atoms with Crippen LogP contribution >= 0.6 is 0 Å². The second-order valence-corrected chi connectivity index (χ2v) is 12.5. The Labute approximate surface area is 229 Å². The summed E-state index contributed by atoms with van der Waals surface area (Å²) in [6.45, 7) is 3.04. The van der Waals surface area contributed by atoms with Gasteiger partial charge in [-0.3, -0.25) is 4.79 Å². The highest BCUT2D eigenvalue weighted by atomic mass is 19.4. The number of halogens is 3.